The minimum Gasteiger partial charge on any atom is -0.481 e. The number of nitrogen functional groups attached to an aromatic ring is 1. The van der Waals surface area contributed by atoms with Crippen LogP contribution in [0.1, 0.15) is 48.7 Å². The number of hydrogen-bond acceptors (Lipinski definition) is 12. The topological polar surface area (TPSA) is 292 Å². The molecule has 2 amide bonds. The third-order valence-corrected chi connectivity index (χ3v) is 6.38. The molecule has 1 aromatic carbocycles. The summed E-state index contributed by atoms with van der Waals surface area (Å²) in [6.45, 7) is 2.20. The summed E-state index contributed by atoms with van der Waals surface area (Å²) in [7, 11) is 0. The second kappa shape index (κ2) is 15.7. The molecule has 0 unspecified atom stereocenters. The maximum atomic E-state index is 12.7. The number of aromatic amines is 1. The Kier molecular flexibility index (Phi) is 11.8. The number of rotatable bonds is 17. The SMILES string of the molecule is C[C@H](CCCN[C@H](CC(=O)O)C(=O)N[C@H](CC(=O)O)C(=O)O)NC(=O)c1ccc(NCc2cnc3nc(N)[nH]c(=O)c3n2)cc1. The molecule has 45 heavy (non-hydrogen) atoms. The summed E-state index contributed by atoms with van der Waals surface area (Å²) in [5, 5.41) is 37.8. The number of aliphatic carboxylic acids is 3. The Morgan fingerprint density at radius 1 is 0.956 bits per heavy atom. The third-order valence-electron chi connectivity index (χ3n) is 6.38. The predicted octanol–water partition coefficient (Wildman–Crippen LogP) is -0.717. The predicted molar refractivity (Wildman–Crippen MR) is 158 cm³/mol. The molecular weight excluding hydrogens is 594 g/mol. The van der Waals surface area contributed by atoms with Crippen molar-refractivity contribution in [2.24, 2.45) is 0 Å². The molecule has 0 radical (unpaired) electrons. The van der Waals surface area contributed by atoms with Gasteiger partial charge in [0.15, 0.2) is 11.2 Å². The monoisotopic (exact) mass is 627 g/mol. The standard InChI is InChI=1S/C27H33N9O9/c1-13(3-2-8-29-17(9-19(37)38)24(42)34-18(26(44)45)10-20(39)40)32-23(41)14-4-6-15(7-5-14)30-11-16-12-31-22-21(33-16)25(43)36-27(28)35-22/h4-7,12-13,17-18,29-30H,2-3,8-11H2,1H3,(H,32,41)(H,34,42)(H,37,38)(H,39,40)(H,44,45)(H3,28,31,35,36,43)/t13-,17-,18-/m1/s1. The van der Waals surface area contributed by atoms with E-state index in [1.807, 2.05) is 5.32 Å². The number of aromatic nitrogens is 4. The number of carbonyl (C=O) groups excluding carboxylic acids is 2. The van der Waals surface area contributed by atoms with Crippen LogP contribution in [0.4, 0.5) is 11.6 Å². The molecule has 3 rings (SSSR count). The van der Waals surface area contributed by atoms with Crippen molar-refractivity contribution in [3.8, 4) is 0 Å². The largest absolute Gasteiger partial charge is 0.481 e. The van der Waals surface area contributed by atoms with E-state index in [2.05, 4.69) is 35.9 Å². The number of amides is 2. The normalized spacial score (nSPS) is 12.9. The van der Waals surface area contributed by atoms with Crippen LogP contribution in [-0.2, 0) is 25.7 Å². The molecule has 0 aliphatic carbocycles. The van der Waals surface area contributed by atoms with Gasteiger partial charge >= 0.3 is 17.9 Å². The van der Waals surface area contributed by atoms with Crippen molar-refractivity contribution in [1.29, 1.82) is 0 Å². The van der Waals surface area contributed by atoms with Crippen LogP contribution in [0.3, 0.4) is 0 Å². The van der Waals surface area contributed by atoms with Crippen LogP contribution in [0.15, 0.2) is 35.3 Å². The van der Waals surface area contributed by atoms with E-state index in [1.54, 1.807) is 31.2 Å². The molecular formula is C27H33N9O9. The molecule has 240 valence electrons. The zero-order valence-corrected chi connectivity index (χ0v) is 24.1. The van der Waals surface area contributed by atoms with E-state index in [9.17, 15) is 28.8 Å². The Labute approximate surface area is 254 Å². The Morgan fingerprint density at radius 3 is 2.27 bits per heavy atom. The molecule has 0 saturated heterocycles. The van der Waals surface area contributed by atoms with Crippen molar-refractivity contribution in [1.82, 2.24) is 35.9 Å². The molecule has 10 N–H and O–H groups in total. The smallest absolute Gasteiger partial charge is 0.326 e. The Bertz CT molecular complexity index is 1610. The average molecular weight is 628 g/mol. The molecule has 3 aromatic rings. The summed E-state index contributed by atoms with van der Waals surface area (Å²) < 4.78 is 0. The molecule has 0 bridgehead atoms. The van der Waals surface area contributed by atoms with Crippen molar-refractivity contribution < 1.29 is 39.3 Å². The van der Waals surface area contributed by atoms with Gasteiger partial charge in [-0.3, -0.25) is 29.0 Å². The lowest BCUT2D eigenvalue weighted by Crippen LogP contribution is -2.51. The van der Waals surface area contributed by atoms with Crippen LogP contribution in [0.5, 0.6) is 0 Å². The molecule has 3 atom stereocenters. The molecule has 0 spiro atoms. The van der Waals surface area contributed by atoms with Crippen molar-refractivity contribution >= 4 is 52.5 Å². The first-order chi connectivity index (χ1) is 21.3. The van der Waals surface area contributed by atoms with Crippen molar-refractivity contribution in [3.63, 3.8) is 0 Å². The lowest BCUT2D eigenvalue weighted by atomic mass is 10.1. The number of carboxylic acids is 3. The fraction of sp³-hybridized carbons (Fsp3) is 0.370. The third kappa shape index (κ3) is 10.5. The number of anilines is 2. The highest BCUT2D eigenvalue weighted by atomic mass is 16.4. The summed E-state index contributed by atoms with van der Waals surface area (Å²) in [4.78, 5) is 85.1. The van der Waals surface area contributed by atoms with Gasteiger partial charge in [-0.2, -0.15) is 4.98 Å². The van der Waals surface area contributed by atoms with E-state index in [-0.39, 0.29) is 42.2 Å². The number of nitrogens with two attached hydrogens (primary N) is 1. The second-order valence-electron chi connectivity index (χ2n) is 10.0. The van der Waals surface area contributed by atoms with Gasteiger partial charge in [0.1, 0.15) is 6.04 Å². The number of fused-ring (bicyclic) bond motifs is 1. The Hall–Kier alpha value is -5.65. The fourth-order valence-corrected chi connectivity index (χ4v) is 4.13. The molecule has 0 aliphatic rings. The van der Waals surface area contributed by atoms with E-state index in [0.29, 0.717) is 29.8 Å². The molecule has 2 heterocycles. The van der Waals surface area contributed by atoms with E-state index >= 15 is 0 Å². The number of hydrogen-bond donors (Lipinski definition) is 9. The fourth-order valence-electron chi connectivity index (χ4n) is 4.13. The first-order valence-electron chi connectivity index (χ1n) is 13.7. The van der Waals surface area contributed by atoms with Gasteiger partial charge in [-0.25, -0.2) is 14.8 Å². The van der Waals surface area contributed by atoms with Crippen molar-refractivity contribution in [2.75, 3.05) is 17.6 Å². The lowest BCUT2D eigenvalue weighted by molar-refractivity contribution is -0.147. The summed E-state index contributed by atoms with van der Waals surface area (Å²) in [5.41, 5.74) is 6.79. The molecule has 2 aromatic heterocycles. The zero-order chi connectivity index (χ0) is 33.1. The van der Waals surface area contributed by atoms with Gasteiger partial charge in [0, 0.05) is 17.3 Å². The zero-order valence-electron chi connectivity index (χ0n) is 24.1. The van der Waals surface area contributed by atoms with Crippen LogP contribution in [0.25, 0.3) is 11.2 Å². The van der Waals surface area contributed by atoms with E-state index in [4.69, 9.17) is 21.1 Å². The van der Waals surface area contributed by atoms with Crippen LogP contribution in [0, 0.1) is 0 Å². The second-order valence-corrected chi connectivity index (χ2v) is 10.0. The van der Waals surface area contributed by atoms with Gasteiger partial charge in [0.25, 0.3) is 11.5 Å². The first kappa shape index (κ1) is 33.8. The highest BCUT2D eigenvalue weighted by Gasteiger charge is 2.28. The molecule has 0 saturated carbocycles. The maximum Gasteiger partial charge on any atom is 0.326 e. The van der Waals surface area contributed by atoms with Gasteiger partial charge in [-0.05, 0) is 50.6 Å². The molecule has 0 aliphatic heterocycles. The van der Waals surface area contributed by atoms with Gasteiger partial charge in [0.2, 0.25) is 11.9 Å². The Morgan fingerprint density at radius 2 is 1.62 bits per heavy atom. The first-order valence-corrected chi connectivity index (χ1v) is 13.7. The minimum absolute atomic E-state index is 0.0540. The summed E-state index contributed by atoms with van der Waals surface area (Å²) in [5.74, 6) is -5.64. The van der Waals surface area contributed by atoms with Crippen molar-refractivity contribution in [3.05, 3.63) is 52.1 Å². The Balaban J connectivity index is 1.45. The van der Waals surface area contributed by atoms with E-state index in [1.165, 1.54) is 6.20 Å². The maximum absolute atomic E-state index is 12.7. The highest BCUT2D eigenvalue weighted by molar-refractivity contribution is 5.94. The van der Waals surface area contributed by atoms with Gasteiger partial charge in [-0.15, -0.1) is 0 Å². The molecule has 0 fully saturated rings. The summed E-state index contributed by atoms with van der Waals surface area (Å²) in [6, 6.07) is 3.37. The van der Waals surface area contributed by atoms with Gasteiger partial charge in [0.05, 0.1) is 37.3 Å². The molecule has 18 nitrogen and oxygen atoms in total. The number of carboxylic acid groups (broad SMARTS) is 3. The molecule has 18 heteroatoms. The van der Waals surface area contributed by atoms with Gasteiger partial charge in [-0.1, -0.05) is 0 Å². The highest BCUT2D eigenvalue weighted by Crippen LogP contribution is 2.12. The number of nitrogens with one attached hydrogen (secondary N) is 5. The van der Waals surface area contributed by atoms with Crippen molar-refractivity contribution in [2.45, 2.75) is 57.3 Å². The van der Waals surface area contributed by atoms with Gasteiger partial charge < -0.3 is 42.3 Å². The van der Waals surface area contributed by atoms with E-state index < -0.39 is 54.3 Å². The average Bonchev–Trinajstić information content (AvgIpc) is 2.97. The van der Waals surface area contributed by atoms with E-state index in [0.717, 1.165) is 0 Å². The van der Waals surface area contributed by atoms with Crippen LogP contribution in [-0.4, -0.2) is 89.6 Å². The van der Waals surface area contributed by atoms with Crippen LogP contribution in [0.2, 0.25) is 0 Å². The number of carbonyl (C=O) groups is 5. The summed E-state index contributed by atoms with van der Waals surface area (Å²) >= 11 is 0. The number of nitrogens with zero attached hydrogens (tertiary/aromatic N) is 3. The number of benzene rings is 1. The quantitative estimate of drug-likeness (QED) is 0.0835. The minimum atomic E-state index is -1.71. The summed E-state index contributed by atoms with van der Waals surface area (Å²) in [6.07, 6.45) is 0.852. The lowest BCUT2D eigenvalue weighted by Gasteiger charge is -2.20. The number of H-pyrrole nitrogens is 1. The van der Waals surface area contributed by atoms with Crippen LogP contribution < -0.4 is 32.6 Å². The van der Waals surface area contributed by atoms with Crippen LogP contribution >= 0.6 is 0 Å².